The Morgan fingerprint density at radius 3 is 2.50 bits per heavy atom. The number of halogens is 3. The predicted molar refractivity (Wildman–Crippen MR) is 116 cm³/mol. The first kappa shape index (κ1) is 24.0. The normalized spacial score (nSPS) is 19.7. The molecule has 0 saturated carbocycles. The first-order valence-corrected chi connectivity index (χ1v) is 10.8. The Balaban J connectivity index is 1.71. The summed E-state index contributed by atoms with van der Waals surface area (Å²) in [6.07, 6.45) is -2.67. The summed E-state index contributed by atoms with van der Waals surface area (Å²) in [5.41, 5.74) is -1.97. The average Bonchev–Trinajstić information content (AvgIpc) is 2.70. The number of carbonyl (C=O) groups is 1. The number of hydrogen-bond acceptors (Lipinski definition) is 4. The molecule has 1 N–H and O–H groups in total. The highest BCUT2D eigenvalue weighted by molar-refractivity contribution is 5.92. The van der Waals surface area contributed by atoms with Gasteiger partial charge < -0.3 is 10.2 Å². The molecule has 9 heteroatoms. The Hall–Kier alpha value is -2.68. The van der Waals surface area contributed by atoms with E-state index in [-0.39, 0.29) is 11.4 Å². The van der Waals surface area contributed by atoms with Crippen molar-refractivity contribution in [1.29, 1.82) is 0 Å². The van der Waals surface area contributed by atoms with Crippen molar-refractivity contribution in [2.45, 2.75) is 39.8 Å². The van der Waals surface area contributed by atoms with Crippen molar-refractivity contribution in [2.75, 3.05) is 26.2 Å². The Morgan fingerprint density at radius 1 is 1.19 bits per heavy atom. The number of para-hydroxylation sites is 1. The summed E-state index contributed by atoms with van der Waals surface area (Å²) in [5.74, 6) is 0.597. The Morgan fingerprint density at radius 2 is 1.84 bits per heavy atom. The number of nitrogens with zero attached hydrogens (tertiary/aromatic N) is 3. The van der Waals surface area contributed by atoms with Gasteiger partial charge in [0.1, 0.15) is 0 Å². The zero-order chi connectivity index (χ0) is 23.5. The van der Waals surface area contributed by atoms with Gasteiger partial charge in [0.15, 0.2) is 5.69 Å². The standard InChI is InChI=1S/C23H29F3N4O2/c1-15-11-16(2)14-29(13-15)10-6-9-27-22(32)21-20(31)12-17(3)30(28-21)19-8-5-4-7-18(19)23(24,25)26/h4-5,7-8,12,15-16H,6,9-11,13-14H2,1-3H3,(H,27,32). The molecule has 32 heavy (non-hydrogen) atoms. The molecule has 2 unspecified atom stereocenters. The summed E-state index contributed by atoms with van der Waals surface area (Å²) in [5, 5.41) is 6.67. The van der Waals surface area contributed by atoms with E-state index < -0.39 is 28.8 Å². The molecule has 1 aromatic heterocycles. The van der Waals surface area contributed by atoms with Crippen LogP contribution in [0, 0.1) is 18.8 Å². The lowest BCUT2D eigenvalue weighted by Crippen LogP contribution is -2.40. The Kier molecular flexibility index (Phi) is 7.38. The largest absolute Gasteiger partial charge is 0.418 e. The van der Waals surface area contributed by atoms with Crippen molar-refractivity contribution in [3.63, 3.8) is 0 Å². The number of piperidine rings is 1. The van der Waals surface area contributed by atoms with Crippen molar-refractivity contribution in [3.8, 4) is 5.69 Å². The summed E-state index contributed by atoms with van der Waals surface area (Å²) < 4.78 is 41.3. The fourth-order valence-electron chi connectivity index (χ4n) is 4.41. The molecule has 1 aromatic carbocycles. The quantitative estimate of drug-likeness (QED) is 0.683. The summed E-state index contributed by atoms with van der Waals surface area (Å²) in [4.78, 5) is 27.3. The van der Waals surface area contributed by atoms with Gasteiger partial charge in [-0.2, -0.15) is 18.3 Å². The molecule has 1 aliphatic heterocycles. The van der Waals surface area contributed by atoms with Gasteiger partial charge in [-0.15, -0.1) is 0 Å². The minimum absolute atomic E-state index is 0.205. The molecule has 6 nitrogen and oxygen atoms in total. The van der Waals surface area contributed by atoms with Gasteiger partial charge in [0.25, 0.3) is 5.91 Å². The van der Waals surface area contributed by atoms with Crippen LogP contribution >= 0.6 is 0 Å². The number of rotatable bonds is 6. The van der Waals surface area contributed by atoms with Crippen LogP contribution in [-0.2, 0) is 6.18 Å². The van der Waals surface area contributed by atoms with Crippen LogP contribution in [0.15, 0.2) is 35.1 Å². The van der Waals surface area contributed by atoms with E-state index in [4.69, 9.17) is 0 Å². The number of benzene rings is 1. The smallest absolute Gasteiger partial charge is 0.350 e. The van der Waals surface area contributed by atoms with Gasteiger partial charge in [0.2, 0.25) is 5.43 Å². The third-order valence-electron chi connectivity index (χ3n) is 5.64. The number of amides is 1. The van der Waals surface area contributed by atoms with E-state index >= 15 is 0 Å². The van der Waals surface area contributed by atoms with Gasteiger partial charge in [-0.05, 0) is 50.3 Å². The number of carbonyl (C=O) groups excluding carboxylic acids is 1. The maximum absolute atomic E-state index is 13.4. The summed E-state index contributed by atoms with van der Waals surface area (Å²) >= 11 is 0. The minimum Gasteiger partial charge on any atom is -0.350 e. The van der Waals surface area contributed by atoms with Gasteiger partial charge in [-0.25, -0.2) is 4.68 Å². The highest BCUT2D eigenvalue weighted by Gasteiger charge is 2.34. The predicted octanol–water partition coefficient (Wildman–Crippen LogP) is 3.66. The third kappa shape index (κ3) is 5.76. The lowest BCUT2D eigenvalue weighted by atomic mass is 9.92. The lowest BCUT2D eigenvalue weighted by Gasteiger charge is -2.34. The molecule has 1 amide bonds. The van der Waals surface area contributed by atoms with E-state index in [0.29, 0.717) is 24.8 Å². The number of aromatic nitrogens is 2. The summed E-state index contributed by atoms with van der Waals surface area (Å²) in [6, 6.07) is 6.06. The molecule has 0 aliphatic carbocycles. The molecule has 2 atom stereocenters. The highest BCUT2D eigenvalue weighted by atomic mass is 19.4. The molecule has 0 bridgehead atoms. The van der Waals surface area contributed by atoms with Crippen molar-refractivity contribution in [1.82, 2.24) is 20.0 Å². The zero-order valence-corrected chi connectivity index (χ0v) is 18.6. The topological polar surface area (TPSA) is 67.2 Å². The molecule has 2 heterocycles. The molecule has 0 radical (unpaired) electrons. The molecule has 0 spiro atoms. The van der Waals surface area contributed by atoms with E-state index in [2.05, 4.69) is 29.2 Å². The number of likely N-dealkylation sites (tertiary alicyclic amines) is 1. The molecule has 1 fully saturated rings. The first-order valence-electron chi connectivity index (χ1n) is 10.8. The molecule has 1 saturated heterocycles. The van der Waals surface area contributed by atoms with E-state index in [1.54, 1.807) is 0 Å². The second-order valence-electron chi connectivity index (χ2n) is 8.74. The van der Waals surface area contributed by atoms with Gasteiger partial charge in [-0.3, -0.25) is 9.59 Å². The molecule has 3 rings (SSSR count). The fraction of sp³-hybridized carbons (Fsp3) is 0.522. The van der Waals surface area contributed by atoms with Crippen LogP contribution in [0.1, 0.15) is 48.4 Å². The summed E-state index contributed by atoms with van der Waals surface area (Å²) in [7, 11) is 0. The minimum atomic E-state index is -4.60. The zero-order valence-electron chi connectivity index (χ0n) is 18.6. The van der Waals surface area contributed by atoms with E-state index in [9.17, 15) is 22.8 Å². The second-order valence-corrected chi connectivity index (χ2v) is 8.74. The molecule has 2 aromatic rings. The van der Waals surface area contributed by atoms with Gasteiger partial charge >= 0.3 is 6.18 Å². The monoisotopic (exact) mass is 450 g/mol. The van der Waals surface area contributed by atoms with Crippen molar-refractivity contribution >= 4 is 5.91 Å². The molecular formula is C23H29F3N4O2. The van der Waals surface area contributed by atoms with Crippen LogP contribution in [0.5, 0.6) is 0 Å². The summed E-state index contributed by atoms with van der Waals surface area (Å²) in [6.45, 7) is 9.18. The van der Waals surface area contributed by atoms with Gasteiger partial charge in [0.05, 0.1) is 11.3 Å². The lowest BCUT2D eigenvalue weighted by molar-refractivity contribution is -0.137. The maximum Gasteiger partial charge on any atom is 0.418 e. The average molecular weight is 451 g/mol. The third-order valence-corrected chi connectivity index (χ3v) is 5.64. The van der Waals surface area contributed by atoms with E-state index in [1.165, 1.54) is 31.5 Å². The highest BCUT2D eigenvalue weighted by Crippen LogP contribution is 2.33. The Labute approximate surface area is 185 Å². The number of alkyl halides is 3. The van der Waals surface area contributed by atoms with E-state index in [0.717, 1.165) is 36.4 Å². The van der Waals surface area contributed by atoms with E-state index in [1.807, 2.05) is 0 Å². The van der Waals surface area contributed by atoms with Crippen LogP contribution in [0.3, 0.4) is 0 Å². The van der Waals surface area contributed by atoms with Gasteiger partial charge in [0, 0.05) is 31.4 Å². The first-order chi connectivity index (χ1) is 15.1. The maximum atomic E-state index is 13.4. The van der Waals surface area contributed by atoms with Crippen molar-refractivity contribution < 1.29 is 18.0 Å². The van der Waals surface area contributed by atoms with Crippen LogP contribution in [0.4, 0.5) is 13.2 Å². The van der Waals surface area contributed by atoms with Crippen LogP contribution in [-0.4, -0.2) is 46.8 Å². The van der Waals surface area contributed by atoms with Crippen LogP contribution in [0.2, 0.25) is 0 Å². The van der Waals surface area contributed by atoms with Crippen molar-refractivity contribution in [3.05, 3.63) is 57.5 Å². The number of hydrogen-bond donors (Lipinski definition) is 1. The van der Waals surface area contributed by atoms with Gasteiger partial charge in [-0.1, -0.05) is 26.0 Å². The van der Waals surface area contributed by atoms with Crippen molar-refractivity contribution in [2.24, 2.45) is 11.8 Å². The fourth-order valence-corrected chi connectivity index (χ4v) is 4.41. The number of nitrogens with one attached hydrogen (secondary N) is 1. The molecule has 1 aliphatic rings. The SMILES string of the molecule is Cc1cc(=O)c(C(=O)NCCCN2CC(C)CC(C)C2)nn1-c1ccccc1C(F)(F)F. The number of aryl methyl sites for hydroxylation is 1. The molecule has 174 valence electrons. The molecular weight excluding hydrogens is 421 g/mol. The Bertz CT molecular complexity index is 1010. The van der Waals surface area contributed by atoms with Crippen LogP contribution in [0.25, 0.3) is 5.69 Å². The van der Waals surface area contributed by atoms with Crippen LogP contribution < -0.4 is 10.7 Å². The second kappa shape index (κ2) is 9.85.